The Balaban J connectivity index is 1.83. The number of hydrogen-bond donors (Lipinski definition) is 0. The van der Waals surface area contributed by atoms with Crippen molar-refractivity contribution in [1.82, 2.24) is 0 Å². The summed E-state index contributed by atoms with van der Waals surface area (Å²) in [6, 6.07) is 22.8. The van der Waals surface area contributed by atoms with Crippen LogP contribution in [0.4, 0.5) is 22.7 Å². The smallest absolute Gasteiger partial charge is 0.119 e. The van der Waals surface area contributed by atoms with Crippen molar-refractivity contribution >= 4 is 22.7 Å². The summed E-state index contributed by atoms with van der Waals surface area (Å²) in [4.78, 5) is 0. The molecule has 25 heavy (non-hydrogen) atoms. The third kappa shape index (κ3) is 4.35. The molecular formula is C20H18N4O. The largest absolute Gasteiger partial charge is 0.497 e. The van der Waals surface area contributed by atoms with Crippen molar-refractivity contribution in [3.05, 3.63) is 78.4 Å². The lowest BCUT2D eigenvalue weighted by Crippen LogP contribution is -1.79. The Morgan fingerprint density at radius 1 is 0.600 bits per heavy atom. The summed E-state index contributed by atoms with van der Waals surface area (Å²) in [7, 11) is 1.63. The van der Waals surface area contributed by atoms with E-state index in [9.17, 15) is 0 Å². The van der Waals surface area contributed by atoms with E-state index in [1.54, 1.807) is 7.11 Å². The zero-order valence-electron chi connectivity index (χ0n) is 14.1. The molecule has 0 spiro atoms. The summed E-state index contributed by atoms with van der Waals surface area (Å²) in [6.45, 7) is 2.00. The predicted molar refractivity (Wildman–Crippen MR) is 99.0 cm³/mol. The van der Waals surface area contributed by atoms with E-state index in [0.717, 1.165) is 22.7 Å². The van der Waals surface area contributed by atoms with Crippen molar-refractivity contribution < 1.29 is 4.74 Å². The lowest BCUT2D eigenvalue weighted by Gasteiger charge is -2.00. The van der Waals surface area contributed by atoms with E-state index in [4.69, 9.17) is 4.74 Å². The Hall–Kier alpha value is -3.34. The molecule has 3 aromatic carbocycles. The Kier molecular flexibility index (Phi) is 5.26. The first-order valence-corrected chi connectivity index (χ1v) is 7.88. The molecule has 0 fully saturated rings. The van der Waals surface area contributed by atoms with Gasteiger partial charge in [-0.25, -0.2) is 0 Å². The Morgan fingerprint density at radius 2 is 1.12 bits per heavy atom. The number of rotatable bonds is 5. The zero-order valence-corrected chi connectivity index (χ0v) is 14.1. The first kappa shape index (κ1) is 16.5. The van der Waals surface area contributed by atoms with E-state index >= 15 is 0 Å². The van der Waals surface area contributed by atoms with Gasteiger partial charge in [0.15, 0.2) is 0 Å². The van der Waals surface area contributed by atoms with Gasteiger partial charge in [-0.1, -0.05) is 30.3 Å². The summed E-state index contributed by atoms with van der Waals surface area (Å²) < 4.78 is 5.14. The maximum atomic E-state index is 5.14. The number of methoxy groups -OCH3 is 1. The SMILES string of the molecule is COc1ccc(N=Nc2ccccc2N=Nc2ccccc2C)cc1. The molecule has 0 unspecified atom stereocenters. The lowest BCUT2D eigenvalue weighted by molar-refractivity contribution is 0.415. The van der Waals surface area contributed by atoms with Crippen molar-refractivity contribution in [2.24, 2.45) is 20.5 Å². The quantitative estimate of drug-likeness (QED) is 0.473. The number of benzene rings is 3. The summed E-state index contributed by atoms with van der Waals surface area (Å²) >= 11 is 0. The van der Waals surface area contributed by atoms with Crippen molar-refractivity contribution in [2.75, 3.05) is 7.11 Å². The van der Waals surface area contributed by atoms with Crippen LogP contribution in [0.25, 0.3) is 0 Å². The van der Waals surface area contributed by atoms with Crippen LogP contribution in [0.1, 0.15) is 5.56 Å². The molecule has 0 aliphatic heterocycles. The molecule has 0 saturated carbocycles. The summed E-state index contributed by atoms with van der Waals surface area (Å²) in [5.74, 6) is 0.784. The molecule has 0 heterocycles. The first-order chi connectivity index (χ1) is 12.3. The molecule has 0 amide bonds. The van der Waals surface area contributed by atoms with Crippen LogP contribution in [0, 0.1) is 6.92 Å². The standard InChI is InChI=1S/C20H18N4O/c1-15-7-3-4-8-18(15)22-24-20-10-6-5-9-19(20)23-21-16-11-13-17(25-2)14-12-16/h3-14H,1-2H3. The highest BCUT2D eigenvalue weighted by molar-refractivity contribution is 5.61. The monoisotopic (exact) mass is 330 g/mol. The molecule has 0 aliphatic rings. The number of aryl methyl sites for hydroxylation is 1. The lowest BCUT2D eigenvalue weighted by atomic mass is 10.2. The molecule has 0 radical (unpaired) electrons. The molecular weight excluding hydrogens is 312 g/mol. The van der Waals surface area contributed by atoms with Crippen LogP contribution in [-0.2, 0) is 0 Å². The zero-order chi connectivity index (χ0) is 17.5. The Bertz CT molecular complexity index is 902. The van der Waals surface area contributed by atoms with Crippen LogP contribution >= 0.6 is 0 Å². The van der Waals surface area contributed by atoms with E-state index in [1.165, 1.54) is 0 Å². The summed E-state index contributed by atoms with van der Waals surface area (Å²) in [5, 5.41) is 17.2. The van der Waals surface area contributed by atoms with Crippen LogP contribution in [0.2, 0.25) is 0 Å². The fourth-order valence-electron chi connectivity index (χ4n) is 2.18. The number of azo groups is 2. The fraction of sp³-hybridized carbons (Fsp3) is 0.100. The average Bonchev–Trinajstić information content (AvgIpc) is 2.67. The molecule has 0 atom stereocenters. The van der Waals surface area contributed by atoms with Crippen molar-refractivity contribution in [3.63, 3.8) is 0 Å². The topological polar surface area (TPSA) is 58.7 Å². The van der Waals surface area contributed by atoms with Crippen LogP contribution in [0.5, 0.6) is 5.75 Å². The first-order valence-electron chi connectivity index (χ1n) is 7.88. The van der Waals surface area contributed by atoms with Gasteiger partial charge in [0.2, 0.25) is 0 Å². The molecule has 0 aromatic heterocycles. The van der Waals surface area contributed by atoms with E-state index in [2.05, 4.69) is 20.5 Å². The van der Waals surface area contributed by atoms with E-state index in [0.29, 0.717) is 11.4 Å². The maximum Gasteiger partial charge on any atom is 0.119 e. The van der Waals surface area contributed by atoms with Gasteiger partial charge >= 0.3 is 0 Å². The second-order valence-corrected chi connectivity index (χ2v) is 5.37. The van der Waals surface area contributed by atoms with E-state index < -0.39 is 0 Å². The predicted octanol–water partition coefficient (Wildman–Crippen LogP) is 6.83. The van der Waals surface area contributed by atoms with Crippen molar-refractivity contribution in [3.8, 4) is 5.75 Å². The highest BCUT2D eigenvalue weighted by Crippen LogP contribution is 2.31. The summed E-state index contributed by atoms with van der Waals surface area (Å²) in [5.41, 5.74) is 3.98. The van der Waals surface area contributed by atoms with Gasteiger partial charge in [-0.05, 0) is 55.0 Å². The minimum absolute atomic E-state index is 0.663. The molecule has 5 nitrogen and oxygen atoms in total. The average molecular weight is 330 g/mol. The number of nitrogens with zero attached hydrogens (tertiary/aromatic N) is 4. The molecule has 124 valence electrons. The van der Waals surface area contributed by atoms with Gasteiger partial charge in [0.25, 0.3) is 0 Å². The fourth-order valence-corrected chi connectivity index (χ4v) is 2.18. The molecule has 0 bridgehead atoms. The second kappa shape index (κ2) is 7.97. The normalized spacial score (nSPS) is 11.3. The van der Waals surface area contributed by atoms with Gasteiger partial charge in [0.05, 0.1) is 18.5 Å². The molecule has 0 saturated heterocycles. The van der Waals surface area contributed by atoms with Crippen molar-refractivity contribution in [2.45, 2.75) is 6.92 Å². The van der Waals surface area contributed by atoms with Crippen LogP contribution < -0.4 is 4.74 Å². The van der Waals surface area contributed by atoms with Crippen LogP contribution in [0.3, 0.4) is 0 Å². The highest BCUT2D eigenvalue weighted by atomic mass is 16.5. The third-order valence-corrected chi connectivity index (χ3v) is 3.61. The number of ether oxygens (including phenoxy) is 1. The molecule has 3 rings (SSSR count). The van der Waals surface area contributed by atoms with Gasteiger partial charge in [-0.15, -0.1) is 10.2 Å². The number of hydrogen-bond acceptors (Lipinski definition) is 5. The van der Waals surface area contributed by atoms with E-state index in [1.807, 2.05) is 79.7 Å². The van der Waals surface area contributed by atoms with Gasteiger partial charge in [-0.2, -0.15) is 10.2 Å². The highest BCUT2D eigenvalue weighted by Gasteiger charge is 2.01. The van der Waals surface area contributed by atoms with Gasteiger partial charge in [0, 0.05) is 0 Å². The Labute approximate surface area is 146 Å². The molecule has 5 heteroatoms. The third-order valence-electron chi connectivity index (χ3n) is 3.61. The van der Waals surface area contributed by atoms with E-state index in [-0.39, 0.29) is 0 Å². The van der Waals surface area contributed by atoms with Crippen LogP contribution in [0.15, 0.2) is 93.3 Å². The van der Waals surface area contributed by atoms with Gasteiger partial charge in [-0.3, -0.25) is 0 Å². The summed E-state index contributed by atoms with van der Waals surface area (Å²) in [6.07, 6.45) is 0. The van der Waals surface area contributed by atoms with Gasteiger partial charge in [0.1, 0.15) is 17.1 Å². The molecule has 0 aliphatic carbocycles. The molecule has 0 N–H and O–H groups in total. The van der Waals surface area contributed by atoms with Gasteiger partial charge < -0.3 is 4.74 Å². The van der Waals surface area contributed by atoms with Crippen LogP contribution in [-0.4, -0.2) is 7.11 Å². The van der Waals surface area contributed by atoms with Crippen molar-refractivity contribution in [1.29, 1.82) is 0 Å². The minimum atomic E-state index is 0.663. The maximum absolute atomic E-state index is 5.14. The second-order valence-electron chi connectivity index (χ2n) is 5.37. The molecule has 3 aromatic rings. The minimum Gasteiger partial charge on any atom is -0.497 e. The Morgan fingerprint density at radius 3 is 1.72 bits per heavy atom.